The van der Waals surface area contributed by atoms with Gasteiger partial charge in [-0.3, -0.25) is 0 Å². The second kappa shape index (κ2) is 5.20. The predicted octanol–water partition coefficient (Wildman–Crippen LogP) is 1.07. The molecule has 82 valence electrons. The van der Waals surface area contributed by atoms with Gasteiger partial charge in [0, 0.05) is 13.1 Å². The molecule has 1 N–H and O–H groups in total. The summed E-state index contributed by atoms with van der Waals surface area (Å²) in [7, 11) is 1.87. The third-order valence-corrected chi connectivity index (χ3v) is 2.36. The molecule has 0 aliphatic carbocycles. The normalized spacial score (nSPS) is 21.9. The van der Waals surface area contributed by atoms with Crippen molar-refractivity contribution in [2.45, 2.75) is 26.4 Å². The highest BCUT2D eigenvalue weighted by Gasteiger charge is 2.30. The van der Waals surface area contributed by atoms with Crippen LogP contribution < -0.4 is 5.32 Å². The van der Waals surface area contributed by atoms with E-state index in [1.54, 1.807) is 4.90 Å². The van der Waals surface area contributed by atoms with Gasteiger partial charge in [0.25, 0.3) is 0 Å². The van der Waals surface area contributed by atoms with Crippen LogP contribution in [-0.4, -0.2) is 43.8 Å². The van der Waals surface area contributed by atoms with Crippen LogP contribution in [0.5, 0.6) is 0 Å². The summed E-state index contributed by atoms with van der Waals surface area (Å²) >= 11 is 0. The minimum absolute atomic E-state index is 0.0275. The summed E-state index contributed by atoms with van der Waals surface area (Å²) in [5.74, 6) is 0.631. The first-order valence-electron chi connectivity index (χ1n) is 5.23. The van der Waals surface area contributed by atoms with Crippen LogP contribution in [0.3, 0.4) is 0 Å². The first-order valence-corrected chi connectivity index (χ1v) is 5.23. The lowest BCUT2D eigenvalue weighted by Crippen LogP contribution is -2.30. The Hall–Kier alpha value is -0.770. The Kier molecular flexibility index (Phi) is 4.20. The molecule has 4 nitrogen and oxygen atoms in total. The van der Waals surface area contributed by atoms with E-state index in [-0.39, 0.29) is 12.2 Å². The largest absolute Gasteiger partial charge is 0.443 e. The van der Waals surface area contributed by atoms with Gasteiger partial charge < -0.3 is 15.0 Å². The molecule has 1 atom stereocenters. The number of nitrogens with one attached hydrogen (secondary N) is 1. The first-order chi connectivity index (χ1) is 6.63. The quantitative estimate of drug-likeness (QED) is 0.722. The maximum Gasteiger partial charge on any atom is 0.410 e. The smallest absolute Gasteiger partial charge is 0.410 e. The van der Waals surface area contributed by atoms with Gasteiger partial charge in [0.15, 0.2) is 0 Å². The molecule has 1 saturated heterocycles. The lowest BCUT2D eigenvalue weighted by atomic mass is 10.1. The molecular formula is C10H20N2O2. The maximum atomic E-state index is 11.3. The van der Waals surface area contributed by atoms with Crippen molar-refractivity contribution >= 4 is 6.09 Å². The Morgan fingerprint density at radius 3 is 2.93 bits per heavy atom. The Morgan fingerprint density at radius 2 is 2.36 bits per heavy atom. The van der Waals surface area contributed by atoms with Crippen LogP contribution in [-0.2, 0) is 4.74 Å². The van der Waals surface area contributed by atoms with Gasteiger partial charge in [-0.2, -0.15) is 0 Å². The number of carbonyl (C=O) groups excluding carboxylic acids is 1. The molecular weight excluding hydrogens is 180 g/mol. The minimum atomic E-state index is -0.161. The Bertz CT molecular complexity index is 195. The molecule has 0 saturated carbocycles. The van der Waals surface area contributed by atoms with Crippen molar-refractivity contribution in [1.82, 2.24) is 10.2 Å². The molecule has 0 aromatic carbocycles. The first kappa shape index (κ1) is 11.3. The second-order valence-electron chi connectivity index (χ2n) is 4.19. The summed E-state index contributed by atoms with van der Waals surface area (Å²) in [5, 5.41) is 3.01. The van der Waals surface area contributed by atoms with Gasteiger partial charge in [0.2, 0.25) is 0 Å². The van der Waals surface area contributed by atoms with E-state index in [2.05, 4.69) is 19.2 Å². The molecule has 0 bridgehead atoms. The van der Waals surface area contributed by atoms with Crippen LogP contribution in [0.15, 0.2) is 0 Å². The lowest BCUT2D eigenvalue weighted by molar-refractivity contribution is 0.132. The van der Waals surface area contributed by atoms with Gasteiger partial charge in [-0.15, -0.1) is 0 Å². The molecule has 0 aromatic rings. The summed E-state index contributed by atoms with van der Waals surface area (Å²) in [5.41, 5.74) is 0. The zero-order valence-electron chi connectivity index (χ0n) is 9.25. The molecule has 1 aliphatic heterocycles. The molecule has 1 aliphatic rings. The third-order valence-electron chi connectivity index (χ3n) is 2.36. The molecule has 1 fully saturated rings. The Morgan fingerprint density at radius 1 is 1.64 bits per heavy atom. The molecule has 4 heteroatoms. The van der Waals surface area contributed by atoms with Crippen LogP contribution in [0.25, 0.3) is 0 Å². The minimum Gasteiger partial charge on any atom is -0.443 e. The van der Waals surface area contributed by atoms with Gasteiger partial charge in [0.1, 0.15) is 6.10 Å². The average Bonchev–Trinajstić information content (AvgIpc) is 2.44. The van der Waals surface area contributed by atoms with Gasteiger partial charge in [0.05, 0.1) is 6.54 Å². The van der Waals surface area contributed by atoms with Gasteiger partial charge in [-0.25, -0.2) is 4.79 Å². The zero-order valence-corrected chi connectivity index (χ0v) is 9.25. The summed E-state index contributed by atoms with van der Waals surface area (Å²) in [6.07, 6.45) is 0.909. The fraction of sp³-hybridized carbons (Fsp3) is 0.900. The average molecular weight is 200 g/mol. The van der Waals surface area contributed by atoms with Gasteiger partial charge >= 0.3 is 6.09 Å². The highest BCUT2D eigenvalue weighted by atomic mass is 16.6. The van der Waals surface area contributed by atoms with Crippen molar-refractivity contribution in [1.29, 1.82) is 0 Å². The lowest BCUT2D eigenvalue weighted by Gasteiger charge is -2.13. The van der Waals surface area contributed by atoms with E-state index in [0.717, 1.165) is 26.1 Å². The number of hydrogen-bond acceptors (Lipinski definition) is 3. The molecule has 1 amide bonds. The van der Waals surface area contributed by atoms with E-state index in [9.17, 15) is 4.79 Å². The summed E-state index contributed by atoms with van der Waals surface area (Å²) in [4.78, 5) is 13.1. The van der Waals surface area contributed by atoms with E-state index in [4.69, 9.17) is 4.74 Å². The third kappa shape index (κ3) is 3.18. The number of amides is 1. The van der Waals surface area contributed by atoms with E-state index < -0.39 is 0 Å². The monoisotopic (exact) mass is 200 g/mol. The Balaban J connectivity index is 2.29. The Labute approximate surface area is 85.6 Å². The number of cyclic esters (lactones) is 1. The zero-order chi connectivity index (χ0) is 10.6. The van der Waals surface area contributed by atoms with Gasteiger partial charge in [-0.05, 0) is 19.4 Å². The molecule has 1 heterocycles. The molecule has 0 aromatic heterocycles. The number of carbonyl (C=O) groups is 1. The number of likely N-dealkylation sites (N-methyl/N-ethyl adjacent to an activating group) is 1. The summed E-state index contributed by atoms with van der Waals surface area (Å²) < 4.78 is 5.17. The molecule has 0 unspecified atom stereocenters. The number of rotatable bonds is 5. The van der Waals surface area contributed by atoms with Crippen LogP contribution in [0.1, 0.15) is 20.3 Å². The predicted molar refractivity (Wildman–Crippen MR) is 55.2 cm³/mol. The molecule has 1 rings (SSSR count). The van der Waals surface area contributed by atoms with Crippen molar-refractivity contribution < 1.29 is 9.53 Å². The van der Waals surface area contributed by atoms with Crippen molar-refractivity contribution in [2.24, 2.45) is 5.92 Å². The van der Waals surface area contributed by atoms with Gasteiger partial charge in [-0.1, -0.05) is 13.8 Å². The summed E-state index contributed by atoms with van der Waals surface area (Å²) in [6, 6.07) is 0. The van der Waals surface area contributed by atoms with Crippen molar-refractivity contribution in [3.63, 3.8) is 0 Å². The van der Waals surface area contributed by atoms with E-state index >= 15 is 0 Å². The number of nitrogens with zero attached hydrogens (tertiary/aromatic N) is 1. The molecule has 0 radical (unpaired) electrons. The highest BCUT2D eigenvalue weighted by molar-refractivity contribution is 5.69. The topological polar surface area (TPSA) is 41.6 Å². The number of ether oxygens (including phenoxy) is 1. The standard InChI is InChI=1S/C10H20N2O2/c1-8(2)4-5-12-7-9(6-11-3)14-10(12)13/h8-9,11H,4-7H2,1-3H3/t9-/m1/s1. The second-order valence-corrected chi connectivity index (χ2v) is 4.19. The SMILES string of the molecule is CNC[C@@H]1CN(CCC(C)C)C(=O)O1. The molecule has 14 heavy (non-hydrogen) atoms. The number of hydrogen-bond donors (Lipinski definition) is 1. The van der Waals surface area contributed by atoms with E-state index in [0.29, 0.717) is 5.92 Å². The van der Waals surface area contributed by atoms with Crippen LogP contribution in [0.4, 0.5) is 4.79 Å². The van der Waals surface area contributed by atoms with Crippen molar-refractivity contribution in [3.8, 4) is 0 Å². The van der Waals surface area contributed by atoms with Crippen molar-refractivity contribution in [3.05, 3.63) is 0 Å². The summed E-state index contributed by atoms with van der Waals surface area (Å²) in [6.45, 7) is 6.60. The fourth-order valence-corrected chi connectivity index (χ4v) is 1.51. The van der Waals surface area contributed by atoms with E-state index in [1.165, 1.54) is 0 Å². The van der Waals surface area contributed by atoms with E-state index in [1.807, 2.05) is 7.05 Å². The highest BCUT2D eigenvalue weighted by Crippen LogP contribution is 2.12. The van der Waals surface area contributed by atoms with Crippen molar-refractivity contribution in [2.75, 3.05) is 26.7 Å². The fourth-order valence-electron chi connectivity index (χ4n) is 1.51. The van der Waals surface area contributed by atoms with Crippen LogP contribution in [0, 0.1) is 5.92 Å². The van der Waals surface area contributed by atoms with Crippen LogP contribution in [0.2, 0.25) is 0 Å². The maximum absolute atomic E-state index is 11.3. The molecule has 0 spiro atoms. The van der Waals surface area contributed by atoms with Crippen LogP contribution >= 0.6 is 0 Å².